The highest BCUT2D eigenvalue weighted by molar-refractivity contribution is 7.92. The zero-order chi connectivity index (χ0) is 31.5. The molecule has 4 heterocycles. The van der Waals surface area contributed by atoms with Gasteiger partial charge in [0.25, 0.3) is 5.56 Å². The van der Waals surface area contributed by atoms with Gasteiger partial charge in [-0.05, 0) is 61.2 Å². The first-order chi connectivity index (χ1) is 20.9. The number of rotatable bonds is 7. The maximum atomic E-state index is 14.4. The maximum Gasteiger partial charge on any atom is 0.264 e. The van der Waals surface area contributed by atoms with Gasteiger partial charge in [-0.2, -0.15) is 5.10 Å². The summed E-state index contributed by atoms with van der Waals surface area (Å²) in [7, 11) is -2.02. The van der Waals surface area contributed by atoms with Gasteiger partial charge in [-0.3, -0.25) is 13.5 Å². The van der Waals surface area contributed by atoms with Gasteiger partial charge in [0.05, 0.1) is 28.9 Å². The standard InChI is InChI=1S/C31H30FN7O3S2/c1-6-19-10-11-21(13-24(19)37(4)44(5,41)42)28-27-29(33)34-16-35-30(27)39(36-28)18(3)23-14-25-38(17(2)15-43-25)31(40)26(23)20-8-7-9-22(32)12-20/h7-16,18H,6H2,1-5H3,(H2,33,34,35)/t18-/m0/s1. The number of benzene rings is 2. The summed E-state index contributed by atoms with van der Waals surface area (Å²) in [5, 5.41) is 7.37. The number of thiazole rings is 1. The zero-order valence-corrected chi connectivity index (χ0v) is 26.4. The first-order valence-corrected chi connectivity index (χ1v) is 16.6. The van der Waals surface area contributed by atoms with Crippen LogP contribution in [-0.2, 0) is 16.4 Å². The lowest BCUT2D eigenvalue weighted by atomic mass is 9.97. The second-order valence-electron chi connectivity index (χ2n) is 10.7. The first kappa shape index (κ1) is 29.5. The number of hydrogen-bond acceptors (Lipinski definition) is 8. The van der Waals surface area contributed by atoms with E-state index in [9.17, 15) is 17.6 Å². The van der Waals surface area contributed by atoms with Crippen molar-refractivity contribution in [3.8, 4) is 22.4 Å². The van der Waals surface area contributed by atoms with Crippen LogP contribution in [-0.4, -0.2) is 45.9 Å². The number of nitrogen functional groups attached to an aromatic ring is 1. The summed E-state index contributed by atoms with van der Waals surface area (Å²) < 4.78 is 43.9. The third kappa shape index (κ3) is 4.81. The quantitative estimate of drug-likeness (QED) is 0.249. The predicted molar refractivity (Wildman–Crippen MR) is 173 cm³/mol. The van der Waals surface area contributed by atoms with E-state index >= 15 is 0 Å². The Balaban J connectivity index is 1.61. The highest BCUT2D eigenvalue weighted by Gasteiger charge is 2.26. The van der Waals surface area contributed by atoms with Crippen molar-refractivity contribution in [3.05, 3.63) is 93.2 Å². The Morgan fingerprint density at radius 3 is 2.59 bits per heavy atom. The fourth-order valence-corrected chi connectivity index (χ4v) is 7.02. The fraction of sp³-hybridized carbons (Fsp3) is 0.226. The van der Waals surface area contributed by atoms with Crippen LogP contribution in [0.25, 0.3) is 38.2 Å². The lowest BCUT2D eigenvalue weighted by molar-refractivity contribution is 0.581. The molecule has 226 valence electrons. The number of nitrogens with zero attached hydrogens (tertiary/aromatic N) is 6. The molecule has 0 aliphatic carbocycles. The SMILES string of the molecule is CCc1ccc(-c2nn([C@@H](C)c3cc4scc(C)n4c(=O)c3-c3cccc(F)c3)c3ncnc(N)c23)cc1N(C)S(C)(=O)=O. The van der Waals surface area contributed by atoms with Gasteiger partial charge in [-0.25, -0.2) is 27.5 Å². The summed E-state index contributed by atoms with van der Waals surface area (Å²) in [5.74, 6) is -0.249. The molecule has 0 unspecified atom stereocenters. The Kier molecular flexibility index (Phi) is 7.25. The third-order valence-electron chi connectivity index (χ3n) is 7.93. The Bertz CT molecular complexity index is 2260. The summed E-state index contributed by atoms with van der Waals surface area (Å²) in [6.07, 6.45) is 3.13. The van der Waals surface area contributed by atoms with E-state index in [0.717, 1.165) is 22.3 Å². The van der Waals surface area contributed by atoms with Gasteiger partial charge >= 0.3 is 0 Å². The van der Waals surface area contributed by atoms with E-state index in [1.165, 1.54) is 41.1 Å². The van der Waals surface area contributed by atoms with Crippen molar-refractivity contribution in [3.63, 3.8) is 0 Å². The van der Waals surface area contributed by atoms with Crippen molar-refractivity contribution < 1.29 is 12.8 Å². The molecule has 0 saturated carbocycles. The Hall–Kier alpha value is -4.62. The normalized spacial score (nSPS) is 12.7. The third-order valence-corrected chi connectivity index (χ3v) is 10.1. The fourth-order valence-electron chi connectivity index (χ4n) is 5.57. The van der Waals surface area contributed by atoms with Crippen LogP contribution >= 0.6 is 11.3 Å². The van der Waals surface area contributed by atoms with Gasteiger partial charge in [0.15, 0.2) is 5.65 Å². The average Bonchev–Trinajstić information content (AvgIpc) is 3.57. The molecule has 2 aromatic carbocycles. The molecule has 0 fully saturated rings. The summed E-state index contributed by atoms with van der Waals surface area (Å²) in [5.41, 5.74) is 11.3. The van der Waals surface area contributed by atoms with Gasteiger partial charge in [-0.15, -0.1) is 11.3 Å². The van der Waals surface area contributed by atoms with E-state index in [0.29, 0.717) is 51.1 Å². The topological polar surface area (TPSA) is 128 Å². The van der Waals surface area contributed by atoms with E-state index in [1.54, 1.807) is 27.3 Å². The van der Waals surface area contributed by atoms with Gasteiger partial charge < -0.3 is 5.73 Å². The lowest BCUT2D eigenvalue weighted by Crippen LogP contribution is -2.25. The van der Waals surface area contributed by atoms with E-state index in [2.05, 4.69) is 9.97 Å². The summed E-state index contributed by atoms with van der Waals surface area (Å²) in [6, 6.07) is 12.9. The van der Waals surface area contributed by atoms with Crippen molar-refractivity contribution >= 4 is 48.7 Å². The minimum absolute atomic E-state index is 0.204. The Morgan fingerprint density at radius 2 is 1.89 bits per heavy atom. The van der Waals surface area contributed by atoms with Gasteiger partial charge in [0.2, 0.25) is 10.0 Å². The van der Waals surface area contributed by atoms with Crippen molar-refractivity contribution in [2.75, 3.05) is 23.3 Å². The number of halogens is 1. The molecule has 4 aromatic heterocycles. The number of fused-ring (bicyclic) bond motifs is 2. The molecular weight excluding hydrogens is 602 g/mol. The van der Waals surface area contributed by atoms with Crippen LogP contribution < -0.4 is 15.6 Å². The molecule has 44 heavy (non-hydrogen) atoms. The number of aryl methyl sites for hydroxylation is 2. The molecule has 6 aromatic rings. The van der Waals surface area contributed by atoms with Crippen LogP contribution in [0.3, 0.4) is 0 Å². The monoisotopic (exact) mass is 631 g/mol. The minimum Gasteiger partial charge on any atom is -0.383 e. The number of sulfonamides is 1. The molecule has 0 aliphatic heterocycles. The molecule has 13 heteroatoms. The second-order valence-corrected chi connectivity index (χ2v) is 13.6. The van der Waals surface area contributed by atoms with Crippen LogP contribution in [0.1, 0.15) is 36.7 Å². The van der Waals surface area contributed by atoms with Crippen molar-refractivity contribution in [1.29, 1.82) is 0 Å². The number of hydrogen-bond donors (Lipinski definition) is 1. The molecule has 0 aliphatic rings. The molecule has 2 N–H and O–H groups in total. The molecule has 1 atom stereocenters. The molecule has 10 nitrogen and oxygen atoms in total. The van der Waals surface area contributed by atoms with Gasteiger partial charge in [0.1, 0.15) is 28.5 Å². The zero-order valence-electron chi connectivity index (χ0n) is 24.7. The highest BCUT2D eigenvalue weighted by atomic mass is 32.2. The van der Waals surface area contributed by atoms with E-state index < -0.39 is 21.9 Å². The molecule has 6 rings (SSSR count). The average molecular weight is 632 g/mol. The van der Waals surface area contributed by atoms with Gasteiger partial charge in [-0.1, -0.05) is 31.2 Å². The van der Waals surface area contributed by atoms with Crippen LogP contribution in [0, 0.1) is 12.7 Å². The summed E-state index contributed by atoms with van der Waals surface area (Å²) >= 11 is 1.44. The van der Waals surface area contributed by atoms with Crippen LogP contribution in [0.5, 0.6) is 0 Å². The van der Waals surface area contributed by atoms with Crippen molar-refractivity contribution in [2.45, 2.75) is 33.2 Å². The largest absolute Gasteiger partial charge is 0.383 e. The number of nitrogens with two attached hydrogens (primary N) is 1. The number of anilines is 2. The molecule has 0 spiro atoms. The van der Waals surface area contributed by atoms with E-state index in [-0.39, 0.29) is 11.4 Å². The molecule has 0 amide bonds. The van der Waals surface area contributed by atoms with Crippen molar-refractivity contribution in [2.24, 2.45) is 0 Å². The smallest absolute Gasteiger partial charge is 0.264 e. The molecule has 0 bridgehead atoms. The van der Waals surface area contributed by atoms with Crippen molar-refractivity contribution in [1.82, 2.24) is 24.1 Å². The Labute approximate surface area is 257 Å². The summed E-state index contributed by atoms with van der Waals surface area (Å²) in [4.78, 5) is 23.5. The maximum absolute atomic E-state index is 14.4. The van der Waals surface area contributed by atoms with E-state index in [1.807, 2.05) is 44.4 Å². The first-order valence-electron chi connectivity index (χ1n) is 13.9. The second kappa shape index (κ2) is 10.8. The number of aromatic nitrogens is 5. The number of pyridine rings is 1. The van der Waals surface area contributed by atoms with Gasteiger partial charge in [0, 0.05) is 23.7 Å². The summed E-state index contributed by atoms with van der Waals surface area (Å²) in [6.45, 7) is 5.71. The lowest BCUT2D eigenvalue weighted by Gasteiger charge is -2.20. The molecule has 0 saturated heterocycles. The van der Waals surface area contributed by atoms with Crippen LogP contribution in [0.2, 0.25) is 0 Å². The van der Waals surface area contributed by atoms with Crippen LogP contribution in [0.15, 0.2) is 65.0 Å². The van der Waals surface area contributed by atoms with Crippen LogP contribution in [0.4, 0.5) is 15.9 Å². The molecule has 0 radical (unpaired) electrons. The van der Waals surface area contributed by atoms with E-state index in [4.69, 9.17) is 10.8 Å². The highest BCUT2D eigenvalue weighted by Crippen LogP contribution is 2.38. The minimum atomic E-state index is -3.54. The Morgan fingerprint density at radius 1 is 1.11 bits per heavy atom. The predicted octanol–water partition coefficient (Wildman–Crippen LogP) is 5.43. The molecular formula is C31H30FN7O3S2.